The van der Waals surface area contributed by atoms with Crippen LogP contribution in [0.4, 0.5) is 0 Å². The lowest BCUT2D eigenvalue weighted by atomic mass is 9.98. The highest BCUT2D eigenvalue weighted by atomic mass is 14.6. The minimum Gasteiger partial charge on any atom is -0.402 e. The standard InChI is InChI=1S/C18H30N2/c1-14-11-15(2)18(16(3)12-14)13-17(20)9-7-5-4-6-8-10-19/h11-13H,4-10,19-20H2,1-3H3. The molecular formula is C18H30N2. The number of hydrogen-bond donors (Lipinski definition) is 2. The molecule has 1 rings (SSSR count). The number of unbranched alkanes of at least 4 members (excludes halogenated alkanes) is 4. The van der Waals surface area contributed by atoms with Crippen molar-refractivity contribution in [3.05, 3.63) is 40.1 Å². The van der Waals surface area contributed by atoms with Crippen molar-refractivity contribution < 1.29 is 0 Å². The molecule has 0 saturated heterocycles. The second kappa shape index (κ2) is 8.80. The third kappa shape index (κ3) is 5.79. The highest BCUT2D eigenvalue weighted by Gasteiger charge is 2.02. The zero-order chi connectivity index (χ0) is 15.0. The van der Waals surface area contributed by atoms with E-state index in [4.69, 9.17) is 11.5 Å². The van der Waals surface area contributed by atoms with Crippen molar-refractivity contribution in [2.45, 2.75) is 59.3 Å². The number of aryl methyl sites for hydroxylation is 3. The van der Waals surface area contributed by atoms with Gasteiger partial charge >= 0.3 is 0 Å². The van der Waals surface area contributed by atoms with Gasteiger partial charge in [0.25, 0.3) is 0 Å². The summed E-state index contributed by atoms with van der Waals surface area (Å²) in [6.07, 6.45) is 9.24. The Bertz CT molecular complexity index is 424. The summed E-state index contributed by atoms with van der Waals surface area (Å²) in [5, 5.41) is 0. The van der Waals surface area contributed by atoms with Crippen molar-refractivity contribution in [2.75, 3.05) is 6.54 Å². The van der Waals surface area contributed by atoms with E-state index in [1.54, 1.807) is 0 Å². The molecule has 20 heavy (non-hydrogen) atoms. The number of allylic oxidation sites excluding steroid dienone is 1. The molecule has 2 nitrogen and oxygen atoms in total. The first-order valence-electron chi connectivity index (χ1n) is 7.78. The summed E-state index contributed by atoms with van der Waals surface area (Å²) in [6, 6.07) is 4.44. The minimum absolute atomic E-state index is 0.814. The van der Waals surface area contributed by atoms with E-state index < -0.39 is 0 Å². The Hall–Kier alpha value is -1.28. The fourth-order valence-electron chi connectivity index (χ4n) is 2.68. The average molecular weight is 274 g/mol. The minimum atomic E-state index is 0.814. The van der Waals surface area contributed by atoms with E-state index in [0.717, 1.165) is 25.1 Å². The van der Waals surface area contributed by atoms with E-state index in [2.05, 4.69) is 39.0 Å². The summed E-state index contributed by atoms with van der Waals surface area (Å²) in [6.45, 7) is 7.27. The number of hydrogen-bond acceptors (Lipinski definition) is 2. The van der Waals surface area contributed by atoms with Crippen molar-refractivity contribution in [3.8, 4) is 0 Å². The Kier molecular flexibility index (Phi) is 7.38. The van der Waals surface area contributed by atoms with Crippen LogP contribution in [-0.4, -0.2) is 6.54 Å². The van der Waals surface area contributed by atoms with Crippen LogP contribution in [0.2, 0.25) is 0 Å². The molecule has 0 radical (unpaired) electrons. The Morgan fingerprint density at radius 1 is 0.950 bits per heavy atom. The largest absolute Gasteiger partial charge is 0.402 e. The third-order valence-corrected chi connectivity index (χ3v) is 3.74. The van der Waals surface area contributed by atoms with Crippen molar-refractivity contribution in [1.29, 1.82) is 0 Å². The molecule has 0 aliphatic carbocycles. The van der Waals surface area contributed by atoms with Crippen LogP contribution in [0.25, 0.3) is 6.08 Å². The maximum atomic E-state index is 6.16. The second-order valence-electron chi connectivity index (χ2n) is 5.84. The predicted octanol–water partition coefficient (Wildman–Crippen LogP) is 4.21. The van der Waals surface area contributed by atoms with Crippen LogP contribution in [0.15, 0.2) is 17.8 Å². The molecule has 0 heterocycles. The Balaban J connectivity index is 2.49. The third-order valence-electron chi connectivity index (χ3n) is 3.74. The van der Waals surface area contributed by atoms with Crippen LogP contribution in [0.1, 0.15) is 60.8 Å². The first-order valence-corrected chi connectivity index (χ1v) is 7.78. The van der Waals surface area contributed by atoms with Gasteiger partial charge in [-0.3, -0.25) is 0 Å². The molecule has 0 aliphatic heterocycles. The van der Waals surface area contributed by atoms with Gasteiger partial charge in [0.15, 0.2) is 0 Å². The molecule has 0 saturated carbocycles. The van der Waals surface area contributed by atoms with Gasteiger partial charge in [0.2, 0.25) is 0 Å². The summed E-state index contributed by atoms with van der Waals surface area (Å²) in [4.78, 5) is 0. The van der Waals surface area contributed by atoms with Gasteiger partial charge in [0, 0.05) is 5.70 Å². The van der Waals surface area contributed by atoms with E-state index in [0.29, 0.717) is 0 Å². The lowest BCUT2D eigenvalue weighted by molar-refractivity contribution is 0.616. The van der Waals surface area contributed by atoms with Gasteiger partial charge in [-0.1, -0.05) is 37.0 Å². The molecule has 4 N–H and O–H groups in total. The molecule has 2 heteroatoms. The summed E-state index contributed by atoms with van der Waals surface area (Å²) in [5.74, 6) is 0. The van der Waals surface area contributed by atoms with Gasteiger partial charge in [-0.25, -0.2) is 0 Å². The van der Waals surface area contributed by atoms with Crippen molar-refractivity contribution in [2.24, 2.45) is 11.5 Å². The van der Waals surface area contributed by atoms with Crippen LogP contribution < -0.4 is 11.5 Å². The molecule has 0 spiro atoms. The maximum absolute atomic E-state index is 6.16. The SMILES string of the molecule is Cc1cc(C)c(C=C(N)CCCCCCCN)c(C)c1. The molecule has 0 unspecified atom stereocenters. The van der Waals surface area contributed by atoms with Gasteiger partial charge in [-0.05, 0) is 69.3 Å². The summed E-state index contributed by atoms with van der Waals surface area (Å²) in [7, 11) is 0. The van der Waals surface area contributed by atoms with Gasteiger partial charge in [-0.2, -0.15) is 0 Å². The van der Waals surface area contributed by atoms with E-state index in [1.165, 1.54) is 47.9 Å². The van der Waals surface area contributed by atoms with E-state index in [-0.39, 0.29) is 0 Å². The first-order chi connectivity index (χ1) is 9.54. The predicted molar refractivity (Wildman–Crippen MR) is 89.6 cm³/mol. The average Bonchev–Trinajstić information content (AvgIpc) is 2.38. The number of benzene rings is 1. The van der Waals surface area contributed by atoms with E-state index in [1.807, 2.05) is 0 Å². The Labute approximate surface area is 124 Å². The van der Waals surface area contributed by atoms with Gasteiger partial charge in [-0.15, -0.1) is 0 Å². The second-order valence-corrected chi connectivity index (χ2v) is 5.84. The van der Waals surface area contributed by atoms with Gasteiger partial charge < -0.3 is 11.5 Å². The van der Waals surface area contributed by atoms with Crippen molar-refractivity contribution >= 4 is 6.08 Å². The number of nitrogens with two attached hydrogens (primary N) is 2. The number of rotatable bonds is 8. The monoisotopic (exact) mass is 274 g/mol. The molecule has 0 fully saturated rings. The first kappa shape index (κ1) is 16.8. The van der Waals surface area contributed by atoms with E-state index >= 15 is 0 Å². The molecule has 0 atom stereocenters. The zero-order valence-corrected chi connectivity index (χ0v) is 13.3. The molecular weight excluding hydrogens is 244 g/mol. The van der Waals surface area contributed by atoms with E-state index in [9.17, 15) is 0 Å². The summed E-state index contributed by atoms with van der Waals surface area (Å²) in [5.41, 5.74) is 17.9. The van der Waals surface area contributed by atoms with Crippen molar-refractivity contribution in [3.63, 3.8) is 0 Å². The van der Waals surface area contributed by atoms with Gasteiger partial charge in [0.05, 0.1) is 0 Å². The van der Waals surface area contributed by atoms with Crippen molar-refractivity contribution in [1.82, 2.24) is 0 Å². The maximum Gasteiger partial charge on any atom is 0.00866 e. The van der Waals surface area contributed by atoms with Crippen LogP contribution in [0.3, 0.4) is 0 Å². The topological polar surface area (TPSA) is 52.0 Å². The molecule has 112 valence electrons. The van der Waals surface area contributed by atoms with Crippen LogP contribution >= 0.6 is 0 Å². The molecule has 0 aliphatic rings. The molecule has 0 aromatic heterocycles. The highest BCUT2D eigenvalue weighted by Crippen LogP contribution is 2.20. The molecule has 1 aromatic rings. The zero-order valence-electron chi connectivity index (χ0n) is 13.3. The highest BCUT2D eigenvalue weighted by molar-refractivity contribution is 5.60. The Morgan fingerprint density at radius 2 is 1.50 bits per heavy atom. The lowest BCUT2D eigenvalue weighted by Crippen LogP contribution is -1.99. The fraction of sp³-hybridized carbons (Fsp3) is 0.556. The fourth-order valence-corrected chi connectivity index (χ4v) is 2.68. The summed E-state index contributed by atoms with van der Waals surface area (Å²) < 4.78 is 0. The molecule has 0 amide bonds. The summed E-state index contributed by atoms with van der Waals surface area (Å²) >= 11 is 0. The lowest BCUT2D eigenvalue weighted by Gasteiger charge is -2.09. The van der Waals surface area contributed by atoms with Gasteiger partial charge in [0.1, 0.15) is 0 Å². The van der Waals surface area contributed by atoms with Crippen LogP contribution in [0, 0.1) is 20.8 Å². The Morgan fingerprint density at radius 3 is 2.10 bits per heavy atom. The van der Waals surface area contributed by atoms with Crippen LogP contribution in [-0.2, 0) is 0 Å². The smallest absolute Gasteiger partial charge is 0.00866 e. The van der Waals surface area contributed by atoms with Crippen LogP contribution in [0.5, 0.6) is 0 Å². The molecule has 1 aromatic carbocycles. The quantitative estimate of drug-likeness (QED) is 0.698. The molecule has 0 bridgehead atoms. The normalized spacial score (nSPS) is 11.9.